The van der Waals surface area contributed by atoms with Gasteiger partial charge in [0.25, 0.3) is 10.2 Å². The fourth-order valence-corrected chi connectivity index (χ4v) is 2.21. The van der Waals surface area contributed by atoms with Crippen LogP contribution in [0.3, 0.4) is 0 Å². The topological polar surface area (TPSA) is 72.2 Å². The van der Waals surface area contributed by atoms with Crippen LogP contribution in [-0.2, 0) is 10.2 Å². The maximum absolute atomic E-state index is 10.5. The van der Waals surface area contributed by atoms with Crippen molar-refractivity contribution in [1.82, 2.24) is 4.72 Å². The fraction of sp³-hybridized carbons (Fsp3) is 1.00. The third kappa shape index (κ3) is 3.51. The van der Waals surface area contributed by atoms with Gasteiger partial charge in [-0.25, -0.2) is 9.86 Å². The van der Waals surface area contributed by atoms with Crippen molar-refractivity contribution in [3.05, 3.63) is 0 Å². The molecule has 0 aromatic rings. The Kier molecular flexibility index (Phi) is 3.09. The molecule has 2 atom stereocenters. The van der Waals surface area contributed by atoms with Gasteiger partial charge in [0.05, 0.1) is 0 Å². The Balaban J connectivity index is 2.25. The first-order valence-corrected chi connectivity index (χ1v) is 5.79. The summed E-state index contributed by atoms with van der Waals surface area (Å²) in [5, 5.41) is 4.81. The SMILES string of the molecule is CC1CCC(CNS(N)(=O)=O)C1. The van der Waals surface area contributed by atoms with Gasteiger partial charge in [0.1, 0.15) is 0 Å². The second kappa shape index (κ2) is 3.72. The van der Waals surface area contributed by atoms with Gasteiger partial charge in [-0.3, -0.25) is 0 Å². The van der Waals surface area contributed by atoms with E-state index in [0.717, 1.165) is 18.8 Å². The van der Waals surface area contributed by atoms with Crippen LogP contribution in [0.1, 0.15) is 26.2 Å². The van der Waals surface area contributed by atoms with Crippen molar-refractivity contribution in [2.24, 2.45) is 17.0 Å². The maximum atomic E-state index is 10.5. The number of nitrogens with two attached hydrogens (primary N) is 1. The van der Waals surface area contributed by atoms with Crippen molar-refractivity contribution in [1.29, 1.82) is 0 Å². The zero-order chi connectivity index (χ0) is 9.19. The number of hydrogen-bond acceptors (Lipinski definition) is 2. The molecule has 0 amide bonds. The summed E-state index contributed by atoms with van der Waals surface area (Å²) in [7, 11) is -3.48. The van der Waals surface area contributed by atoms with Crippen LogP contribution in [-0.4, -0.2) is 15.0 Å². The number of rotatable bonds is 3. The van der Waals surface area contributed by atoms with E-state index in [1.807, 2.05) is 0 Å². The van der Waals surface area contributed by atoms with E-state index in [9.17, 15) is 8.42 Å². The lowest BCUT2D eigenvalue weighted by atomic mass is 10.1. The highest BCUT2D eigenvalue weighted by Crippen LogP contribution is 2.29. The summed E-state index contributed by atoms with van der Waals surface area (Å²) in [4.78, 5) is 0. The summed E-state index contributed by atoms with van der Waals surface area (Å²) in [5.74, 6) is 1.22. The highest BCUT2D eigenvalue weighted by molar-refractivity contribution is 7.87. The molecule has 1 aliphatic rings. The molecule has 1 rings (SSSR count). The Morgan fingerprint density at radius 3 is 2.58 bits per heavy atom. The summed E-state index contributed by atoms with van der Waals surface area (Å²) in [6.45, 7) is 2.69. The van der Waals surface area contributed by atoms with E-state index in [-0.39, 0.29) is 0 Å². The van der Waals surface area contributed by atoms with Gasteiger partial charge in [-0.05, 0) is 24.7 Å². The lowest BCUT2D eigenvalue weighted by molar-refractivity contribution is 0.499. The maximum Gasteiger partial charge on any atom is 0.274 e. The Morgan fingerprint density at radius 1 is 1.50 bits per heavy atom. The zero-order valence-corrected chi connectivity index (χ0v) is 8.10. The van der Waals surface area contributed by atoms with Crippen LogP contribution in [0.4, 0.5) is 0 Å². The molecule has 0 aliphatic heterocycles. The third-order valence-corrected chi connectivity index (χ3v) is 2.95. The molecular formula is C7H16N2O2S. The standard InChI is InChI=1S/C7H16N2O2S/c1-6-2-3-7(4-6)5-9-12(8,10)11/h6-7,9H,2-5H2,1H3,(H2,8,10,11). The molecule has 1 aliphatic carbocycles. The zero-order valence-electron chi connectivity index (χ0n) is 7.29. The summed E-state index contributed by atoms with van der Waals surface area (Å²) in [5.41, 5.74) is 0. The molecule has 0 spiro atoms. The van der Waals surface area contributed by atoms with Crippen molar-refractivity contribution in [2.45, 2.75) is 26.2 Å². The molecule has 0 bridgehead atoms. The molecule has 1 saturated carbocycles. The highest BCUT2D eigenvalue weighted by Gasteiger charge is 2.21. The van der Waals surface area contributed by atoms with Crippen molar-refractivity contribution >= 4 is 10.2 Å². The van der Waals surface area contributed by atoms with Gasteiger partial charge in [-0.2, -0.15) is 8.42 Å². The number of hydrogen-bond donors (Lipinski definition) is 2. The monoisotopic (exact) mass is 192 g/mol. The van der Waals surface area contributed by atoms with Crippen LogP contribution < -0.4 is 9.86 Å². The van der Waals surface area contributed by atoms with Gasteiger partial charge in [0.15, 0.2) is 0 Å². The molecule has 72 valence electrons. The van der Waals surface area contributed by atoms with E-state index in [2.05, 4.69) is 11.6 Å². The Bertz CT molecular complexity index is 238. The molecule has 2 unspecified atom stereocenters. The van der Waals surface area contributed by atoms with Crippen LogP contribution in [0.15, 0.2) is 0 Å². The molecule has 1 fully saturated rings. The first-order chi connectivity index (χ1) is 5.47. The Morgan fingerprint density at radius 2 is 2.17 bits per heavy atom. The van der Waals surface area contributed by atoms with Gasteiger partial charge >= 0.3 is 0 Å². The van der Waals surface area contributed by atoms with E-state index >= 15 is 0 Å². The molecule has 0 aromatic heterocycles. The van der Waals surface area contributed by atoms with Gasteiger partial charge in [0, 0.05) is 6.54 Å². The lowest BCUT2D eigenvalue weighted by Gasteiger charge is -2.08. The van der Waals surface area contributed by atoms with E-state index in [1.165, 1.54) is 6.42 Å². The average Bonchev–Trinajstić information content (AvgIpc) is 2.30. The van der Waals surface area contributed by atoms with Crippen LogP contribution in [0, 0.1) is 11.8 Å². The van der Waals surface area contributed by atoms with E-state index in [1.54, 1.807) is 0 Å². The quantitative estimate of drug-likeness (QED) is 0.671. The predicted molar refractivity (Wildman–Crippen MR) is 47.6 cm³/mol. The largest absolute Gasteiger partial charge is 0.274 e. The summed E-state index contributed by atoms with van der Waals surface area (Å²) >= 11 is 0. The molecule has 0 aromatic carbocycles. The minimum Gasteiger partial charge on any atom is -0.216 e. The second-order valence-electron chi connectivity index (χ2n) is 3.68. The Labute approximate surface area is 73.7 Å². The molecule has 0 radical (unpaired) electrons. The fourth-order valence-electron chi connectivity index (χ4n) is 1.74. The lowest BCUT2D eigenvalue weighted by Crippen LogP contribution is -2.34. The van der Waals surface area contributed by atoms with Crippen molar-refractivity contribution in [3.8, 4) is 0 Å². The molecule has 5 heteroatoms. The van der Waals surface area contributed by atoms with Crippen LogP contribution >= 0.6 is 0 Å². The van der Waals surface area contributed by atoms with Gasteiger partial charge < -0.3 is 0 Å². The van der Waals surface area contributed by atoms with Gasteiger partial charge in [-0.15, -0.1) is 0 Å². The molecule has 4 nitrogen and oxygen atoms in total. The van der Waals surface area contributed by atoms with Crippen molar-refractivity contribution in [2.75, 3.05) is 6.54 Å². The van der Waals surface area contributed by atoms with E-state index in [0.29, 0.717) is 12.5 Å². The second-order valence-corrected chi connectivity index (χ2v) is 5.06. The molecule has 12 heavy (non-hydrogen) atoms. The highest BCUT2D eigenvalue weighted by atomic mass is 32.2. The summed E-state index contributed by atoms with van der Waals surface area (Å²) in [6, 6.07) is 0. The smallest absolute Gasteiger partial charge is 0.216 e. The third-order valence-electron chi connectivity index (χ3n) is 2.38. The summed E-state index contributed by atoms with van der Waals surface area (Å²) in [6.07, 6.45) is 3.43. The molecule has 0 saturated heterocycles. The molecular weight excluding hydrogens is 176 g/mol. The number of nitrogens with one attached hydrogen (secondary N) is 1. The van der Waals surface area contributed by atoms with E-state index in [4.69, 9.17) is 5.14 Å². The van der Waals surface area contributed by atoms with E-state index < -0.39 is 10.2 Å². The van der Waals surface area contributed by atoms with Gasteiger partial charge in [-0.1, -0.05) is 13.3 Å². The van der Waals surface area contributed by atoms with Gasteiger partial charge in [0.2, 0.25) is 0 Å². The first kappa shape index (κ1) is 9.95. The minimum atomic E-state index is -3.48. The van der Waals surface area contributed by atoms with Crippen molar-refractivity contribution in [3.63, 3.8) is 0 Å². The van der Waals surface area contributed by atoms with Crippen LogP contribution in [0.25, 0.3) is 0 Å². The van der Waals surface area contributed by atoms with Crippen LogP contribution in [0.2, 0.25) is 0 Å². The summed E-state index contributed by atoms with van der Waals surface area (Å²) < 4.78 is 23.4. The average molecular weight is 192 g/mol. The molecule has 0 heterocycles. The molecule has 3 N–H and O–H groups in total. The van der Waals surface area contributed by atoms with Crippen molar-refractivity contribution < 1.29 is 8.42 Å². The predicted octanol–water partition coefficient (Wildman–Crippen LogP) is 0.216. The van der Waals surface area contributed by atoms with Crippen LogP contribution in [0.5, 0.6) is 0 Å². The Hall–Kier alpha value is -0.130. The normalized spacial score (nSPS) is 30.8. The first-order valence-electron chi connectivity index (χ1n) is 4.25. The minimum absolute atomic E-state index is 0.485.